The standard InChI is InChI=1S/C20H28N4O4/c1-13(19(26)23-20(27)22-14-6-3-4-7-14)21-15-9-10-16(17(12-15)28-2)24-11-5-8-18(24)25/h9-10,12-14,21H,3-8,11H2,1-2H3,(H2,22,23,26,27). The molecule has 1 saturated carbocycles. The molecule has 1 aromatic rings. The molecule has 8 heteroatoms. The quantitative estimate of drug-likeness (QED) is 0.695. The second-order valence-electron chi connectivity index (χ2n) is 7.35. The summed E-state index contributed by atoms with van der Waals surface area (Å²) in [4.78, 5) is 37.9. The van der Waals surface area contributed by atoms with Gasteiger partial charge in [-0.05, 0) is 38.3 Å². The zero-order chi connectivity index (χ0) is 20.1. The first-order valence-electron chi connectivity index (χ1n) is 9.84. The highest BCUT2D eigenvalue weighted by Gasteiger charge is 2.25. The Bertz CT molecular complexity index is 746. The van der Waals surface area contributed by atoms with E-state index in [0.717, 1.165) is 37.8 Å². The molecule has 1 aliphatic heterocycles. The largest absolute Gasteiger partial charge is 0.494 e. The minimum absolute atomic E-state index is 0.0834. The predicted molar refractivity (Wildman–Crippen MR) is 107 cm³/mol. The Morgan fingerprint density at radius 2 is 1.96 bits per heavy atom. The molecular formula is C20H28N4O4. The topological polar surface area (TPSA) is 99.8 Å². The molecule has 28 heavy (non-hydrogen) atoms. The van der Waals surface area contributed by atoms with Crippen LogP contribution in [-0.4, -0.2) is 43.6 Å². The fraction of sp³-hybridized carbons (Fsp3) is 0.550. The Hall–Kier alpha value is -2.77. The van der Waals surface area contributed by atoms with Crippen molar-refractivity contribution in [3.05, 3.63) is 18.2 Å². The van der Waals surface area contributed by atoms with Gasteiger partial charge in [0.1, 0.15) is 11.8 Å². The molecule has 0 spiro atoms. The van der Waals surface area contributed by atoms with Gasteiger partial charge in [-0.25, -0.2) is 4.79 Å². The molecule has 3 rings (SSSR count). The van der Waals surface area contributed by atoms with E-state index in [1.165, 1.54) is 0 Å². The van der Waals surface area contributed by atoms with E-state index in [2.05, 4.69) is 16.0 Å². The molecule has 0 aromatic heterocycles. The van der Waals surface area contributed by atoms with Crippen molar-refractivity contribution in [1.29, 1.82) is 0 Å². The zero-order valence-electron chi connectivity index (χ0n) is 16.4. The van der Waals surface area contributed by atoms with Crippen LogP contribution in [0.25, 0.3) is 0 Å². The van der Waals surface area contributed by atoms with Gasteiger partial charge < -0.3 is 20.3 Å². The van der Waals surface area contributed by atoms with Gasteiger partial charge in [0.05, 0.1) is 12.8 Å². The van der Waals surface area contributed by atoms with Gasteiger partial charge in [-0.3, -0.25) is 14.9 Å². The molecule has 4 amide bonds. The first kappa shape index (κ1) is 20.0. The minimum Gasteiger partial charge on any atom is -0.494 e. The Labute approximate surface area is 165 Å². The summed E-state index contributed by atoms with van der Waals surface area (Å²) in [6.45, 7) is 2.36. The summed E-state index contributed by atoms with van der Waals surface area (Å²) < 4.78 is 5.43. The summed E-state index contributed by atoms with van der Waals surface area (Å²) in [5.41, 5.74) is 1.40. The number of ether oxygens (including phenoxy) is 1. The highest BCUT2D eigenvalue weighted by atomic mass is 16.5. The van der Waals surface area contributed by atoms with Gasteiger partial charge in [0, 0.05) is 30.8 Å². The van der Waals surface area contributed by atoms with Crippen LogP contribution in [0.15, 0.2) is 18.2 Å². The lowest BCUT2D eigenvalue weighted by atomic mass is 10.2. The van der Waals surface area contributed by atoms with Crippen LogP contribution in [0.1, 0.15) is 45.4 Å². The first-order chi connectivity index (χ1) is 13.5. The van der Waals surface area contributed by atoms with Gasteiger partial charge in [0.15, 0.2) is 0 Å². The molecule has 2 fully saturated rings. The van der Waals surface area contributed by atoms with Crippen molar-refractivity contribution < 1.29 is 19.1 Å². The van der Waals surface area contributed by atoms with Gasteiger partial charge in [-0.15, -0.1) is 0 Å². The molecule has 1 aromatic carbocycles. The molecule has 0 radical (unpaired) electrons. The molecule has 1 aliphatic carbocycles. The molecule has 1 heterocycles. The zero-order valence-corrected chi connectivity index (χ0v) is 16.4. The molecule has 3 N–H and O–H groups in total. The third-order valence-corrected chi connectivity index (χ3v) is 5.25. The number of urea groups is 1. The summed E-state index contributed by atoms with van der Waals surface area (Å²) in [6, 6.07) is 4.45. The fourth-order valence-corrected chi connectivity index (χ4v) is 3.72. The molecule has 1 unspecified atom stereocenters. The van der Waals surface area contributed by atoms with Crippen molar-refractivity contribution in [3.8, 4) is 5.75 Å². The van der Waals surface area contributed by atoms with E-state index in [1.807, 2.05) is 6.07 Å². The van der Waals surface area contributed by atoms with Crippen LogP contribution < -0.4 is 25.6 Å². The van der Waals surface area contributed by atoms with E-state index >= 15 is 0 Å². The van der Waals surface area contributed by atoms with Crippen LogP contribution in [0, 0.1) is 0 Å². The summed E-state index contributed by atoms with van der Waals surface area (Å²) in [7, 11) is 1.55. The van der Waals surface area contributed by atoms with Crippen molar-refractivity contribution in [2.45, 2.75) is 57.5 Å². The average Bonchev–Trinajstić information content (AvgIpc) is 3.33. The van der Waals surface area contributed by atoms with E-state index in [9.17, 15) is 14.4 Å². The molecule has 152 valence electrons. The van der Waals surface area contributed by atoms with E-state index in [4.69, 9.17) is 4.74 Å². The van der Waals surface area contributed by atoms with E-state index in [0.29, 0.717) is 24.4 Å². The summed E-state index contributed by atoms with van der Waals surface area (Å²) in [6.07, 6.45) is 5.52. The highest BCUT2D eigenvalue weighted by Crippen LogP contribution is 2.34. The maximum Gasteiger partial charge on any atom is 0.321 e. The van der Waals surface area contributed by atoms with Gasteiger partial charge in [0.25, 0.3) is 0 Å². The van der Waals surface area contributed by atoms with Crippen molar-refractivity contribution >= 4 is 29.2 Å². The number of rotatable bonds is 6. The van der Waals surface area contributed by atoms with Crippen molar-refractivity contribution in [3.63, 3.8) is 0 Å². The number of nitrogens with one attached hydrogen (secondary N) is 3. The van der Waals surface area contributed by atoms with Crippen LogP contribution in [0.5, 0.6) is 5.75 Å². The van der Waals surface area contributed by atoms with E-state index in [1.54, 1.807) is 31.1 Å². The normalized spacial score (nSPS) is 18.1. The van der Waals surface area contributed by atoms with E-state index in [-0.39, 0.29) is 11.9 Å². The van der Waals surface area contributed by atoms with Gasteiger partial charge in [0.2, 0.25) is 11.8 Å². The minimum atomic E-state index is -0.613. The fourth-order valence-electron chi connectivity index (χ4n) is 3.72. The number of methoxy groups -OCH3 is 1. The van der Waals surface area contributed by atoms with Crippen LogP contribution in [0.3, 0.4) is 0 Å². The summed E-state index contributed by atoms with van der Waals surface area (Å²) in [5, 5.41) is 8.28. The van der Waals surface area contributed by atoms with Gasteiger partial charge in [-0.2, -0.15) is 0 Å². The monoisotopic (exact) mass is 388 g/mol. The van der Waals surface area contributed by atoms with Crippen molar-refractivity contribution in [1.82, 2.24) is 10.6 Å². The third kappa shape index (κ3) is 4.74. The molecular weight excluding hydrogens is 360 g/mol. The van der Waals surface area contributed by atoms with Crippen molar-refractivity contribution in [2.24, 2.45) is 0 Å². The molecule has 1 atom stereocenters. The average molecular weight is 388 g/mol. The second-order valence-corrected chi connectivity index (χ2v) is 7.35. The summed E-state index contributed by atoms with van der Waals surface area (Å²) >= 11 is 0. The lowest BCUT2D eigenvalue weighted by molar-refractivity contribution is -0.120. The highest BCUT2D eigenvalue weighted by molar-refractivity contribution is 5.99. The Kier molecular flexibility index (Phi) is 6.38. The number of nitrogens with zero attached hydrogens (tertiary/aromatic N) is 1. The van der Waals surface area contributed by atoms with Crippen LogP contribution >= 0.6 is 0 Å². The number of benzene rings is 1. The number of anilines is 2. The lowest BCUT2D eigenvalue weighted by Gasteiger charge is -2.21. The number of hydrogen-bond acceptors (Lipinski definition) is 5. The number of imide groups is 1. The molecule has 2 aliphatic rings. The molecule has 1 saturated heterocycles. The number of hydrogen-bond donors (Lipinski definition) is 3. The Morgan fingerprint density at radius 3 is 2.61 bits per heavy atom. The molecule has 8 nitrogen and oxygen atoms in total. The Morgan fingerprint density at radius 1 is 1.21 bits per heavy atom. The van der Waals surface area contributed by atoms with Crippen molar-refractivity contribution in [2.75, 3.05) is 23.9 Å². The van der Waals surface area contributed by atoms with Crippen LogP contribution in [0.2, 0.25) is 0 Å². The van der Waals surface area contributed by atoms with Crippen LogP contribution in [-0.2, 0) is 9.59 Å². The van der Waals surface area contributed by atoms with Gasteiger partial charge >= 0.3 is 6.03 Å². The molecule has 0 bridgehead atoms. The maximum atomic E-state index is 12.3. The number of amides is 4. The van der Waals surface area contributed by atoms with Crippen LogP contribution in [0.4, 0.5) is 16.2 Å². The van der Waals surface area contributed by atoms with Gasteiger partial charge in [-0.1, -0.05) is 12.8 Å². The maximum absolute atomic E-state index is 12.3. The lowest BCUT2D eigenvalue weighted by Crippen LogP contribution is -2.48. The predicted octanol–water partition coefficient (Wildman–Crippen LogP) is 2.39. The Balaban J connectivity index is 1.58. The third-order valence-electron chi connectivity index (χ3n) is 5.25. The number of carbonyl (C=O) groups is 3. The second kappa shape index (κ2) is 8.95. The SMILES string of the molecule is COc1cc(NC(C)C(=O)NC(=O)NC2CCCC2)ccc1N1CCCC1=O. The van der Waals surface area contributed by atoms with E-state index < -0.39 is 18.0 Å². The summed E-state index contributed by atoms with van der Waals surface area (Å²) in [5.74, 6) is 0.236. The first-order valence-corrected chi connectivity index (χ1v) is 9.84. The smallest absolute Gasteiger partial charge is 0.321 e. The number of carbonyl (C=O) groups excluding carboxylic acids is 3.